The van der Waals surface area contributed by atoms with E-state index in [1.54, 1.807) is 6.07 Å². The molecule has 0 atom stereocenters. The number of aromatic nitrogens is 2. The van der Waals surface area contributed by atoms with Gasteiger partial charge in [0.15, 0.2) is 0 Å². The van der Waals surface area contributed by atoms with Crippen molar-refractivity contribution in [3.05, 3.63) is 34.8 Å². The minimum absolute atomic E-state index is 0.460. The van der Waals surface area contributed by atoms with Gasteiger partial charge in [-0.2, -0.15) is 0 Å². The number of hydrogen-bond acceptors (Lipinski definition) is 3. The van der Waals surface area contributed by atoms with Crippen molar-refractivity contribution in [2.75, 3.05) is 0 Å². The first-order valence-corrected chi connectivity index (χ1v) is 4.24. The van der Waals surface area contributed by atoms with Gasteiger partial charge >= 0.3 is 0 Å². The quantitative estimate of drug-likeness (QED) is 0.733. The molecule has 0 N–H and O–H groups in total. The molecule has 2 aromatic rings. The van der Waals surface area contributed by atoms with Gasteiger partial charge in [-0.15, -0.1) is 0 Å². The fourth-order valence-electron chi connectivity index (χ4n) is 0.998. The van der Waals surface area contributed by atoms with Crippen molar-refractivity contribution in [3.8, 4) is 11.3 Å². The summed E-state index contributed by atoms with van der Waals surface area (Å²) < 4.78 is 4.69. The lowest BCUT2D eigenvalue weighted by molar-refractivity contribution is 0.422. The molecule has 0 spiro atoms. The minimum Gasteiger partial charge on any atom is -0.364 e. The lowest BCUT2D eigenvalue weighted by Crippen LogP contribution is -1.82. The molecular formula is C8H4Cl2N2O. The summed E-state index contributed by atoms with van der Waals surface area (Å²) in [6.07, 6.45) is 4.48. The van der Waals surface area contributed by atoms with Gasteiger partial charge in [-0.3, -0.25) is 4.98 Å². The third-order valence-electron chi connectivity index (χ3n) is 1.55. The van der Waals surface area contributed by atoms with Crippen LogP contribution in [-0.2, 0) is 0 Å². The van der Waals surface area contributed by atoms with Crippen LogP contribution in [0.1, 0.15) is 0 Å². The maximum atomic E-state index is 5.89. The molecule has 66 valence electrons. The molecule has 0 aromatic carbocycles. The number of pyridine rings is 1. The molecule has 0 unspecified atom stereocenters. The fourth-order valence-corrected chi connectivity index (χ4v) is 1.56. The second kappa shape index (κ2) is 3.36. The Hall–Kier alpha value is -1.06. The molecule has 2 rings (SSSR count). The SMILES string of the molecule is Clc1cncc(Cl)c1-c1ccon1. The van der Waals surface area contributed by atoms with E-state index in [1.165, 1.54) is 18.7 Å². The van der Waals surface area contributed by atoms with Crippen molar-refractivity contribution >= 4 is 23.2 Å². The van der Waals surface area contributed by atoms with Crippen LogP contribution >= 0.6 is 23.2 Å². The summed E-state index contributed by atoms with van der Waals surface area (Å²) >= 11 is 11.8. The Morgan fingerprint density at radius 2 is 1.85 bits per heavy atom. The summed E-state index contributed by atoms with van der Waals surface area (Å²) in [7, 11) is 0. The molecule has 0 saturated carbocycles. The Balaban J connectivity index is 2.64. The molecule has 0 amide bonds. The Morgan fingerprint density at radius 1 is 1.15 bits per heavy atom. The maximum absolute atomic E-state index is 5.89. The number of halogens is 2. The van der Waals surface area contributed by atoms with E-state index in [1.807, 2.05) is 0 Å². The molecule has 0 radical (unpaired) electrons. The van der Waals surface area contributed by atoms with E-state index < -0.39 is 0 Å². The number of nitrogens with zero attached hydrogens (tertiary/aromatic N) is 2. The Kier molecular flexibility index (Phi) is 2.20. The van der Waals surface area contributed by atoms with Crippen LogP contribution in [0.15, 0.2) is 29.2 Å². The predicted molar refractivity (Wildman–Crippen MR) is 49.8 cm³/mol. The third-order valence-corrected chi connectivity index (χ3v) is 2.12. The van der Waals surface area contributed by atoms with Crippen LogP contribution < -0.4 is 0 Å². The van der Waals surface area contributed by atoms with E-state index in [0.717, 1.165) is 0 Å². The molecule has 13 heavy (non-hydrogen) atoms. The van der Waals surface area contributed by atoms with E-state index >= 15 is 0 Å². The second-order valence-electron chi connectivity index (χ2n) is 2.36. The van der Waals surface area contributed by atoms with Crippen LogP contribution in [-0.4, -0.2) is 10.1 Å². The molecule has 0 aliphatic carbocycles. The average Bonchev–Trinajstić information content (AvgIpc) is 2.57. The molecule has 0 bridgehead atoms. The summed E-state index contributed by atoms with van der Waals surface area (Å²) in [4.78, 5) is 3.83. The zero-order chi connectivity index (χ0) is 9.26. The summed E-state index contributed by atoms with van der Waals surface area (Å²) in [5.41, 5.74) is 1.25. The first-order chi connectivity index (χ1) is 6.29. The van der Waals surface area contributed by atoms with Crippen LogP contribution in [0.5, 0.6) is 0 Å². The van der Waals surface area contributed by atoms with Crippen molar-refractivity contribution in [3.63, 3.8) is 0 Å². The van der Waals surface area contributed by atoms with Gasteiger partial charge in [0, 0.05) is 24.0 Å². The maximum Gasteiger partial charge on any atom is 0.124 e. The highest BCUT2D eigenvalue weighted by molar-refractivity contribution is 6.38. The molecule has 3 nitrogen and oxygen atoms in total. The van der Waals surface area contributed by atoms with E-state index in [9.17, 15) is 0 Å². The highest BCUT2D eigenvalue weighted by Crippen LogP contribution is 2.32. The van der Waals surface area contributed by atoms with E-state index in [-0.39, 0.29) is 0 Å². The summed E-state index contributed by atoms with van der Waals surface area (Å²) in [6.45, 7) is 0. The minimum atomic E-state index is 0.460. The first kappa shape index (κ1) is 8.53. The Labute approximate surface area is 84.3 Å². The number of rotatable bonds is 1. The predicted octanol–water partition coefficient (Wildman–Crippen LogP) is 3.04. The van der Waals surface area contributed by atoms with Crippen molar-refractivity contribution in [1.82, 2.24) is 10.1 Å². The van der Waals surface area contributed by atoms with Crippen LogP contribution in [0, 0.1) is 0 Å². The standard InChI is InChI=1S/C8H4Cl2N2O/c9-5-3-11-4-6(10)8(5)7-1-2-13-12-7/h1-4H. The van der Waals surface area contributed by atoms with Gasteiger partial charge in [0.05, 0.1) is 10.0 Å². The smallest absolute Gasteiger partial charge is 0.124 e. The summed E-state index contributed by atoms with van der Waals surface area (Å²) in [5.74, 6) is 0. The average molecular weight is 215 g/mol. The Bertz CT molecular complexity index is 394. The Morgan fingerprint density at radius 3 is 2.38 bits per heavy atom. The van der Waals surface area contributed by atoms with Crippen LogP contribution in [0.4, 0.5) is 0 Å². The van der Waals surface area contributed by atoms with E-state index in [0.29, 0.717) is 21.3 Å². The van der Waals surface area contributed by atoms with Gasteiger partial charge in [0.25, 0.3) is 0 Å². The van der Waals surface area contributed by atoms with Crippen molar-refractivity contribution < 1.29 is 4.52 Å². The highest BCUT2D eigenvalue weighted by Gasteiger charge is 2.10. The topological polar surface area (TPSA) is 38.9 Å². The molecule has 5 heteroatoms. The number of hydrogen-bond donors (Lipinski definition) is 0. The van der Waals surface area contributed by atoms with E-state index in [4.69, 9.17) is 27.7 Å². The van der Waals surface area contributed by atoms with Crippen molar-refractivity contribution in [2.45, 2.75) is 0 Å². The largest absolute Gasteiger partial charge is 0.364 e. The monoisotopic (exact) mass is 214 g/mol. The highest BCUT2D eigenvalue weighted by atomic mass is 35.5. The van der Waals surface area contributed by atoms with Crippen LogP contribution in [0.2, 0.25) is 10.0 Å². The van der Waals surface area contributed by atoms with Gasteiger partial charge in [-0.05, 0) is 0 Å². The van der Waals surface area contributed by atoms with Gasteiger partial charge in [0.1, 0.15) is 12.0 Å². The van der Waals surface area contributed by atoms with Gasteiger partial charge < -0.3 is 4.52 Å². The molecule has 0 saturated heterocycles. The summed E-state index contributed by atoms with van der Waals surface area (Å²) in [6, 6.07) is 1.69. The molecule has 0 fully saturated rings. The summed E-state index contributed by atoms with van der Waals surface area (Å²) in [5, 5.41) is 4.66. The lowest BCUT2D eigenvalue weighted by Gasteiger charge is -2.00. The zero-order valence-corrected chi connectivity index (χ0v) is 7.88. The first-order valence-electron chi connectivity index (χ1n) is 3.49. The van der Waals surface area contributed by atoms with Gasteiger partial charge in [-0.1, -0.05) is 28.4 Å². The van der Waals surface area contributed by atoms with Crippen LogP contribution in [0.3, 0.4) is 0 Å². The third kappa shape index (κ3) is 1.53. The van der Waals surface area contributed by atoms with Crippen LogP contribution in [0.25, 0.3) is 11.3 Å². The second-order valence-corrected chi connectivity index (χ2v) is 3.18. The fraction of sp³-hybridized carbons (Fsp3) is 0. The van der Waals surface area contributed by atoms with Gasteiger partial charge in [-0.25, -0.2) is 0 Å². The van der Waals surface area contributed by atoms with Crippen molar-refractivity contribution in [1.29, 1.82) is 0 Å². The molecule has 2 aromatic heterocycles. The van der Waals surface area contributed by atoms with E-state index in [2.05, 4.69) is 10.1 Å². The molecule has 2 heterocycles. The normalized spacial score (nSPS) is 10.3. The molecule has 0 aliphatic heterocycles. The van der Waals surface area contributed by atoms with Crippen molar-refractivity contribution in [2.24, 2.45) is 0 Å². The molecule has 0 aliphatic rings. The van der Waals surface area contributed by atoms with Gasteiger partial charge in [0.2, 0.25) is 0 Å². The molecular weight excluding hydrogens is 211 g/mol. The lowest BCUT2D eigenvalue weighted by atomic mass is 10.2. The zero-order valence-electron chi connectivity index (χ0n) is 6.37.